The summed E-state index contributed by atoms with van der Waals surface area (Å²) in [6.07, 6.45) is -0.755. The summed E-state index contributed by atoms with van der Waals surface area (Å²) in [6.45, 7) is 14.3. The highest BCUT2D eigenvalue weighted by Gasteiger charge is 2.41. The first-order valence-electron chi connectivity index (χ1n) is 30.1. The molecule has 18 N–H and O–H groups in total. The number of esters is 1. The van der Waals surface area contributed by atoms with Crippen molar-refractivity contribution in [2.45, 2.75) is 199 Å². The third-order valence-corrected chi connectivity index (χ3v) is 16.1. The Balaban J connectivity index is 1.85. The second kappa shape index (κ2) is 36.4. The second-order valence-corrected chi connectivity index (χ2v) is 22.8. The standard InChI is InChI=1S/C58H95N15O15/c1-12-28(5)42(70-49(79)37(61-11)23-34-19-17-16-18-20-34)53(83)67-39(26-74)51(81)65-36(21-22-41(59)76)48(78)69-44(30(7)14-3)55(85)71-43(29(6)13-2)54(84)68-40(27-75)52(82)73-46-33(10)88-57(87)45(31(8)15-4)72-50(80)38(24-35-25-62-58(60)64-35)66-47(77)32(9)63-56(46)86/h16-20,28-33,35-40,42-46,61,74-75H,12-15,21-27H2,1-11H3,(H2,59,76)(H,63,86)(H,65,81)(H,66,77)(H,67,83)(H,68,84)(H,69,78)(H,70,79)(H,71,85)(H,72,80)(H,73,82)(H3,60,62,64)/t28-,29-,30-,31-,32-,33?,35-,36+,37+,38-,39-,40-,42-,43-,44+,45-,46?/m0/s1. The van der Waals surface area contributed by atoms with Gasteiger partial charge in [-0.3, -0.25) is 57.7 Å². The highest BCUT2D eigenvalue weighted by molar-refractivity contribution is 5.99. The fourth-order valence-electron chi connectivity index (χ4n) is 9.49. The maximum atomic E-state index is 14.4. The summed E-state index contributed by atoms with van der Waals surface area (Å²) < 4.78 is 5.73. The van der Waals surface area contributed by atoms with Crippen molar-refractivity contribution in [3.05, 3.63) is 35.9 Å². The smallest absolute Gasteiger partial charge is 0.329 e. The van der Waals surface area contributed by atoms with Crippen LogP contribution in [0.3, 0.4) is 0 Å². The van der Waals surface area contributed by atoms with E-state index in [1.165, 1.54) is 13.8 Å². The van der Waals surface area contributed by atoms with Gasteiger partial charge in [-0.1, -0.05) is 111 Å². The number of aliphatic hydroxyl groups excluding tert-OH is 2. The molecule has 3 rings (SSSR count). The molecule has 0 saturated carbocycles. The Morgan fingerprint density at radius 3 is 1.59 bits per heavy atom. The van der Waals surface area contributed by atoms with Gasteiger partial charge in [0, 0.05) is 6.42 Å². The van der Waals surface area contributed by atoms with Gasteiger partial charge in [-0.25, -0.2) is 4.79 Å². The molecule has 1 aromatic carbocycles. The van der Waals surface area contributed by atoms with Crippen molar-refractivity contribution in [1.29, 1.82) is 0 Å². The Hall–Kier alpha value is -7.99. The van der Waals surface area contributed by atoms with Crippen molar-refractivity contribution in [3.8, 4) is 0 Å². The second-order valence-electron chi connectivity index (χ2n) is 22.8. The van der Waals surface area contributed by atoms with E-state index in [2.05, 4.69) is 68.8 Å². The van der Waals surface area contributed by atoms with Crippen LogP contribution in [0, 0.1) is 23.7 Å². The molecule has 1 fully saturated rings. The van der Waals surface area contributed by atoms with E-state index in [0.717, 1.165) is 5.56 Å². The van der Waals surface area contributed by atoms with Crippen molar-refractivity contribution in [2.24, 2.45) is 40.1 Å². The highest BCUT2D eigenvalue weighted by atomic mass is 16.5. The summed E-state index contributed by atoms with van der Waals surface area (Å²) in [5.41, 5.74) is 12.1. The van der Waals surface area contributed by atoms with Gasteiger partial charge in [-0.15, -0.1) is 0 Å². The minimum atomic E-state index is -1.82. The molecule has 0 spiro atoms. The number of cyclic esters (lactones) is 1. The minimum absolute atomic E-state index is 0.0104. The summed E-state index contributed by atoms with van der Waals surface area (Å²) in [4.78, 5) is 170. The van der Waals surface area contributed by atoms with Crippen LogP contribution in [0.5, 0.6) is 0 Å². The maximum Gasteiger partial charge on any atom is 0.329 e. The number of nitrogens with two attached hydrogens (primary N) is 2. The molecule has 2 aliphatic heterocycles. The molecule has 0 aliphatic carbocycles. The Bertz CT molecular complexity index is 2610. The summed E-state index contributed by atoms with van der Waals surface area (Å²) in [5, 5.41) is 52.3. The van der Waals surface area contributed by atoms with Crippen LogP contribution in [0.2, 0.25) is 0 Å². The number of primary amides is 1. The van der Waals surface area contributed by atoms with Crippen LogP contribution in [0.4, 0.5) is 0 Å². The zero-order valence-corrected chi connectivity index (χ0v) is 52.3. The molecule has 492 valence electrons. The Morgan fingerprint density at radius 1 is 0.625 bits per heavy atom. The van der Waals surface area contributed by atoms with Gasteiger partial charge in [-0.2, -0.15) is 0 Å². The zero-order valence-electron chi connectivity index (χ0n) is 52.3. The van der Waals surface area contributed by atoms with Gasteiger partial charge in [0.15, 0.2) is 5.96 Å². The Morgan fingerprint density at radius 2 is 1.11 bits per heavy atom. The molecular weight excluding hydrogens is 1150 g/mol. The van der Waals surface area contributed by atoms with E-state index in [-0.39, 0.29) is 31.8 Å². The maximum absolute atomic E-state index is 14.4. The van der Waals surface area contributed by atoms with Crippen LogP contribution in [-0.2, 0) is 68.7 Å². The number of carbonyl (C=O) groups is 12. The van der Waals surface area contributed by atoms with Crippen molar-refractivity contribution < 1.29 is 72.5 Å². The van der Waals surface area contributed by atoms with Crippen molar-refractivity contribution in [3.63, 3.8) is 0 Å². The van der Waals surface area contributed by atoms with Crippen LogP contribution in [-0.4, -0.2) is 193 Å². The number of nitrogens with zero attached hydrogens (tertiary/aromatic N) is 1. The fourth-order valence-corrected chi connectivity index (χ4v) is 9.49. The molecule has 17 atom stereocenters. The summed E-state index contributed by atoms with van der Waals surface area (Å²) >= 11 is 0. The number of ether oxygens (including phenoxy) is 1. The van der Waals surface area contributed by atoms with Crippen LogP contribution < -0.4 is 75.3 Å². The molecule has 2 heterocycles. The molecule has 30 heteroatoms. The topological polar surface area (TPSA) is 463 Å². The number of hydrogen-bond donors (Lipinski definition) is 16. The molecule has 2 aliphatic rings. The first-order valence-corrected chi connectivity index (χ1v) is 30.1. The normalized spacial score (nSPS) is 22.7. The van der Waals surface area contributed by atoms with E-state index in [4.69, 9.17) is 16.2 Å². The fraction of sp³-hybridized carbons (Fsp3) is 0.672. The zero-order chi connectivity index (χ0) is 66.1. The van der Waals surface area contributed by atoms with Gasteiger partial charge < -0.3 is 90.2 Å². The lowest BCUT2D eigenvalue weighted by Gasteiger charge is -2.31. The van der Waals surface area contributed by atoms with Gasteiger partial charge in [0.1, 0.15) is 66.5 Å². The van der Waals surface area contributed by atoms with Crippen molar-refractivity contribution >= 4 is 76.9 Å². The molecule has 1 saturated heterocycles. The monoisotopic (exact) mass is 1240 g/mol. The Labute approximate surface area is 513 Å². The van der Waals surface area contributed by atoms with Crippen molar-refractivity contribution in [2.75, 3.05) is 26.8 Å². The lowest BCUT2D eigenvalue weighted by Crippen LogP contribution is -2.63. The predicted octanol–water partition coefficient (Wildman–Crippen LogP) is -4.26. The van der Waals surface area contributed by atoms with E-state index in [1.54, 1.807) is 62.4 Å². The van der Waals surface area contributed by atoms with Gasteiger partial charge in [-0.05, 0) is 69.4 Å². The summed E-state index contributed by atoms with van der Waals surface area (Å²) in [6, 6.07) is -6.85. The number of rotatable bonds is 32. The molecule has 1 aromatic rings. The number of aliphatic imine (C=N–C) groups is 1. The molecule has 88 heavy (non-hydrogen) atoms. The minimum Gasteiger partial charge on any atom is -0.458 e. The van der Waals surface area contributed by atoms with Gasteiger partial charge >= 0.3 is 5.97 Å². The molecular formula is C58H95N15O15. The van der Waals surface area contributed by atoms with Gasteiger partial charge in [0.05, 0.1) is 31.8 Å². The predicted molar refractivity (Wildman–Crippen MR) is 322 cm³/mol. The Kier molecular flexibility index (Phi) is 30.7. The molecule has 30 nitrogen and oxygen atoms in total. The lowest BCUT2D eigenvalue weighted by molar-refractivity contribution is -0.157. The summed E-state index contributed by atoms with van der Waals surface area (Å²) in [5.74, 6) is -13.1. The van der Waals surface area contributed by atoms with Crippen LogP contribution >= 0.6 is 0 Å². The van der Waals surface area contributed by atoms with Gasteiger partial charge in [0.2, 0.25) is 65.0 Å². The van der Waals surface area contributed by atoms with E-state index in [1.807, 2.05) is 30.3 Å². The molecule has 0 bridgehead atoms. The van der Waals surface area contributed by atoms with Crippen LogP contribution in [0.15, 0.2) is 35.3 Å². The lowest BCUT2D eigenvalue weighted by atomic mass is 9.94. The number of nitrogens with one attached hydrogen (secondary N) is 12. The van der Waals surface area contributed by atoms with E-state index in [0.29, 0.717) is 19.3 Å². The summed E-state index contributed by atoms with van der Waals surface area (Å²) in [7, 11) is 1.60. The first-order chi connectivity index (χ1) is 41.6. The number of aliphatic hydroxyl groups is 2. The van der Waals surface area contributed by atoms with Crippen LogP contribution in [0.25, 0.3) is 0 Å². The quantitative estimate of drug-likeness (QED) is 0.0304. The number of guanidine groups is 1. The third kappa shape index (κ3) is 22.3. The largest absolute Gasteiger partial charge is 0.458 e. The van der Waals surface area contributed by atoms with E-state index < -0.39 is 199 Å². The first kappa shape index (κ1) is 74.3. The van der Waals surface area contributed by atoms with E-state index >= 15 is 0 Å². The number of benzene rings is 1. The average molecular weight is 1240 g/mol. The van der Waals surface area contributed by atoms with E-state index in [9.17, 15) is 67.7 Å². The SMILES string of the molecule is CC[C@H](C)[C@H](NC(=O)[C@@H](Cc1ccccc1)NC)C(=O)N[C@@H](CO)C(=O)N[C@H](CCC(N)=O)C(=O)N[C@@H](C(=O)N[C@H](C(=O)N[C@@H](CO)C(=O)NC1C(=O)N[C@@H](C)C(=O)N[C@@H](C[C@H]2CN=C(N)N2)C(=O)N[C@@H]([C@@H](C)CC)C(=O)OC1C)[C@@H](C)CC)[C@@H](C)CC. The van der Waals surface area contributed by atoms with Crippen molar-refractivity contribution in [1.82, 2.24) is 63.8 Å². The molecule has 2 unspecified atom stereocenters. The molecule has 0 radical (unpaired) electrons. The molecule has 0 aromatic heterocycles. The highest BCUT2D eigenvalue weighted by Crippen LogP contribution is 2.18. The number of hydrogen-bond acceptors (Lipinski definition) is 19. The number of likely N-dealkylation sites (N-methyl/N-ethyl adjacent to an activating group) is 1. The third-order valence-electron chi connectivity index (χ3n) is 16.1. The van der Waals surface area contributed by atoms with Crippen LogP contribution in [0.1, 0.15) is 120 Å². The number of carbonyl (C=O) groups excluding carboxylic acids is 12. The molecule has 11 amide bonds. The number of amides is 11. The van der Waals surface area contributed by atoms with Gasteiger partial charge in [0.25, 0.3) is 0 Å². The average Bonchev–Trinajstić information content (AvgIpc) is 4.12.